The van der Waals surface area contributed by atoms with Crippen molar-refractivity contribution in [3.05, 3.63) is 17.8 Å². The fourth-order valence-corrected chi connectivity index (χ4v) is 3.48. The Hall–Kier alpha value is -2.39. The Bertz CT molecular complexity index is 815. The number of nitrogens with zero attached hydrogens (tertiary/aromatic N) is 2. The molecule has 148 valence electrons. The summed E-state index contributed by atoms with van der Waals surface area (Å²) in [6.07, 6.45) is -1.68. The summed E-state index contributed by atoms with van der Waals surface area (Å²) in [5.74, 6) is 0. The van der Waals surface area contributed by atoms with E-state index in [2.05, 4.69) is 15.0 Å². The van der Waals surface area contributed by atoms with Crippen LogP contribution in [0.25, 0.3) is 0 Å². The Morgan fingerprint density at radius 1 is 1.22 bits per heavy atom. The van der Waals surface area contributed by atoms with Gasteiger partial charge in [0.2, 0.25) is 0 Å². The molecule has 0 radical (unpaired) electrons. The number of rotatable bonds is 4. The van der Waals surface area contributed by atoms with Crippen LogP contribution in [0, 0.1) is 16.7 Å². The van der Waals surface area contributed by atoms with Crippen LogP contribution in [0.1, 0.15) is 46.7 Å². The van der Waals surface area contributed by atoms with Gasteiger partial charge in [0.1, 0.15) is 24.2 Å². The lowest BCUT2D eigenvalue weighted by molar-refractivity contribution is -0.0200. The van der Waals surface area contributed by atoms with Gasteiger partial charge in [-0.25, -0.2) is 14.6 Å². The van der Waals surface area contributed by atoms with Gasteiger partial charge in [-0.15, -0.1) is 0 Å². The van der Waals surface area contributed by atoms with Crippen LogP contribution in [-0.2, 0) is 14.0 Å². The van der Waals surface area contributed by atoms with E-state index in [4.69, 9.17) is 4.74 Å². The van der Waals surface area contributed by atoms with Crippen molar-refractivity contribution in [2.45, 2.75) is 46.6 Å². The van der Waals surface area contributed by atoms with E-state index in [1.807, 2.05) is 26.8 Å². The number of hydrogen-bond donors (Lipinski definition) is 1. The molecular formula is C18H26N3O5P. The molecule has 0 spiro atoms. The Balaban J connectivity index is 2.79. The van der Waals surface area contributed by atoms with Gasteiger partial charge in [0.25, 0.3) is 0 Å². The van der Waals surface area contributed by atoms with Gasteiger partial charge < -0.3 is 14.0 Å². The molecule has 0 fully saturated rings. The van der Waals surface area contributed by atoms with Crippen molar-refractivity contribution < 1.29 is 23.6 Å². The molecule has 9 heteroatoms. The number of anilines is 1. The molecular weight excluding hydrogens is 369 g/mol. The van der Waals surface area contributed by atoms with E-state index in [0.717, 1.165) is 0 Å². The second-order valence-electron chi connectivity index (χ2n) is 8.39. The third-order valence-electron chi connectivity index (χ3n) is 3.27. The van der Waals surface area contributed by atoms with Gasteiger partial charge in [-0.2, -0.15) is 5.26 Å². The van der Waals surface area contributed by atoms with Crippen LogP contribution in [0.15, 0.2) is 12.1 Å². The first-order chi connectivity index (χ1) is 12.1. The number of hydrogen-bond acceptors (Lipinski definition) is 7. The van der Waals surface area contributed by atoms with Crippen molar-refractivity contribution >= 4 is 30.5 Å². The molecule has 1 N–H and O–H groups in total. The zero-order chi connectivity index (χ0) is 21.0. The van der Waals surface area contributed by atoms with Crippen LogP contribution in [0.4, 0.5) is 15.3 Å². The van der Waals surface area contributed by atoms with E-state index >= 15 is 0 Å². The fraction of sp³-hybridized carbons (Fsp3) is 0.556. The first-order valence-corrected chi connectivity index (χ1v) is 10.9. The zero-order valence-electron chi connectivity index (χ0n) is 16.7. The lowest BCUT2D eigenvalue weighted by Crippen LogP contribution is -2.34. The lowest BCUT2D eigenvalue weighted by atomic mass is 9.84. The molecule has 0 aliphatic carbocycles. The summed E-state index contributed by atoms with van der Waals surface area (Å²) in [6, 6.07) is 4.64. The number of carbonyl (C=O) groups is 2. The minimum Gasteiger partial charge on any atom is -0.428 e. The molecule has 1 aromatic heterocycles. The summed E-state index contributed by atoms with van der Waals surface area (Å²) in [6.45, 7) is 12.5. The molecule has 1 amide bonds. The van der Waals surface area contributed by atoms with E-state index in [9.17, 15) is 19.4 Å². The SMILES string of the molecule is CC(C)(C)CC(C)(C)OC(=O)OC(=O)Nc1ccc(P(C)(C)=O)nc1C#N. The van der Waals surface area contributed by atoms with E-state index in [-0.39, 0.29) is 22.2 Å². The molecule has 27 heavy (non-hydrogen) atoms. The van der Waals surface area contributed by atoms with Crippen molar-refractivity contribution in [3.63, 3.8) is 0 Å². The Morgan fingerprint density at radius 2 is 1.81 bits per heavy atom. The quantitative estimate of drug-likeness (QED) is 0.463. The number of amides is 1. The molecule has 0 aromatic carbocycles. The van der Waals surface area contributed by atoms with Crippen LogP contribution >= 0.6 is 7.14 Å². The van der Waals surface area contributed by atoms with Gasteiger partial charge in [0.05, 0.1) is 5.69 Å². The predicted molar refractivity (Wildman–Crippen MR) is 103 cm³/mol. The van der Waals surface area contributed by atoms with Crippen LogP contribution in [-0.4, -0.2) is 36.2 Å². The molecule has 0 aliphatic rings. The molecule has 1 rings (SSSR count). The van der Waals surface area contributed by atoms with Crippen molar-refractivity contribution in [2.24, 2.45) is 5.41 Å². The van der Waals surface area contributed by atoms with E-state index in [1.165, 1.54) is 25.5 Å². The molecule has 8 nitrogen and oxygen atoms in total. The first kappa shape index (κ1) is 22.7. The van der Waals surface area contributed by atoms with Crippen molar-refractivity contribution in [2.75, 3.05) is 18.6 Å². The van der Waals surface area contributed by atoms with Crippen molar-refractivity contribution in [1.29, 1.82) is 5.26 Å². The highest BCUT2D eigenvalue weighted by molar-refractivity contribution is 7.69. The van der Waals surface area contributed by atoms with Gasteiger partial charge in [-0.05, 0) is 51.1 Å². The average molecular weight is 395 g/mol. The summed E-state index contributed by atoms with van der Waals surface area (Å²) >= 11 is 0. The van der Waals surface area contributed by atoms with Crippen molar-refractivity contribution in [1.82, 2.24) is 4.98 Å². The zero-order valence-corrected chi connectivity index (χ0v) is 17.6. The number of nitrogens with one attached hydrogen (secondary N) is 1. The summed E-state index contributed by atoms with van der Waals surface area (Å²) in [5.41, 5.74) is -0.725. The molecule has 0 bridgehead atoms. The van der Waals surface area contributed by atoms with Crippen LogP contribution in [0.5, 0.6) is 0 Å². The lowest BCUT2D eigenvalue weighted by Gasteiger charge is -2.31. The molecule has 0 aliphatic heterocycles. The van der Waals surface area contributed by atoms with Crippen LogP contribution in [0.3, 0.4) is 0 Å². The first-order valence-electron chi connectivity index (χ1n) is 8.31. The maximum Gasteiger partial charge on any atom is 0.517 e. The monoisotopic (exact) mass is 395 g/mol. The molecule has 0 atom stereocenters. The predicted octanol–water partition coefficient (Wildman–Crippen LogP) is 4.10. The van der Waals surface area contributed by atoms with Gasteiger partial charge in [0, 0.05) is 0 Å². The van der Waals surface area contributed by atoms with E-state index < -0.39 is 25.0 Å². The van der Waals surface area contributed by atoms with Gasteiger partial charge in [-0.1, -0.05) is 20.8 Å². The Kier molecular flexibility index (Phi) is 6.79. The summed E-state index contributed by atoms with van der Waals surface area (Å²) in [5, 5.41) is 11.4. The number of nitriles is 1. The summed E-state index contributed by atoms with van der Waals surface area (Å²) in [7, 11) is -2.66. The molecule has 1 heterocycles. The topological polar surface area (TPSA) is 118 Å². The maximum absolute atomic E-state index is 12.0. The largest absolute Gasteiger partial charge is 0.517 e. The second kappa shape index (κ2) is 8.10. The number of pyridine rings is 1. The van der Waals surface area contributed by atoms with Gasteiger partial charge >= 0.3 is 12.2 Å². The minimum atomic E-state index is -2.66. The Labute approximate surface area is 159 Å². The van der Waals surface area contributed by atoms with Crippen molar-refractivity contribution in [3.8, 4) is 6.07 Å². The van der Waals surface area contributed by atoms with Gasteiger partial charge in [-0.3, -0.25) is 5.32 Å². The number of carbonyl (C=O) groups excluding carboxylic acids is 2. The maximum atomic E-state index is 12.0. The highest BCUT2D eigenvalue weighted by Gasteiger charge is 2.30. The normalized spacial score (nSPS) is 12.1. The van der Waals surface area contributed by atoms with E-state index in [1.54, 1.807) is 13.8 Å². The van der Waals surface area contributed by atoms with Crippen LogP contribution in [0.2, 0.25) is 0 Å². The van der Waals surface area contributed by atoms with Crippen LogP contribution < -0.4 is 10.8 Å². The average Bonchev–Trinajstić information content (AvgIpc) is 2.42. The summed E-state index contributed by atoms with van der Waals surface area (Å²) < 4.78 is 21.9. The third kappa shape index (κ3) is 7.79. The second-order valence-corrected chi connectivity index (χ2v) is 11.6. The summed E-state index contributed by atoms with van der Waals surface area (Å²) in [4.78, 5) is 27.8. The minimum absolute atomic E-state index is 0.0430. The molecule has 1 aromatic rings. The highest BCUT2D eigenvalue weighted by Crippen LogP contribution is 2.34. The molecule has 0 saturated carbocycles. The molecule has 0 saturated heterocycles. The highest BCUT2D eigenvalue weighted by atomic mass is 31.2. The van der Waals surface area contributed by atoms with Gasteiger partial charge in [0.15, 0.2) is 5.69 Å². The number of aromatic nitrogens is 1. The number of ether oxygens (including phenoxy) is 2. The smallest absolute Gasteiger partial charge is 0.428 e. The standard InChI is InChI=1S/C18H26N3O5P/c1-17(2,3)11-18(4,5)26-16(23)25-15(22)21-12-8-9-14(27(6,7)24)20-13(12)10-19/h8-9H,11H2,1-7H3,(H,21,22). The molecule has 0 unspecified atom stereocenters. The fourth-order valence-electron chi connectivity index (χ4n) is 2.71. The third-order valence-corrected chi connectivity index (χ3v) is 4.62. The Morgan fingerprint density at radius 3 is 2.30 bits per heavy atom. The van der Waals surface area contributed by atoms with E-state index in [0.29, 0.717) is 6.42 Å².